The lowest BCUT2D eigenvalue weighted by molar-refractivity contribution is -0.137. The Bertz CT molecular complexity index is 632. The molecule has 4 rings (SSSR count). The van der Waals surface area contributed by atoms with Crippen LogP contribution in [0.2, 0.25) is 0 Å². The van der Waals surface area contributed by atoms with E-state index in [1.54, 1.807) is 0 Å². The Labute approximate surface area is 177 Å². The van der Waals surface area contributed by atoms with Gasteiger partial charge in [-0.1, -0.05) is 25.9 Å². The largest absolute Gasteiger partial charge is 0.396 e. The fraction of sp³-hybridized carbons (Fsp3) is 0.920. The SMILES string of the molecule is CCNCCCCON=C1CC[C@@]2(C)C(CCC3C2CC[C@]2(C)C(=O)CCC32)C1. The normalized spacial score (nSPS) is 43.0. The molecule has 0 saturated heterocycles. The first kappa shape index (κ1) is 21.3. The van der Waals surface area contributed by atoms with E-state index >= 15 is 0 Å². The highest BCUT2D eigenvalue weighted by Gasteiger charge is 2.60. The first-order valence-electron chi connectivity index (χ1n) is 12.4. The van der Waals surface area contributed by atoms with Gasteiger partial charge in [-0.25, -0.2) is 0 Å². The van der Waals surface area contributed by atoms with Gasteiger partial charge in [0.2, 0.25) is 0 Å². The minimum Gasteiger partial charge on any atom is -0.396 e. The molecule has 0 aromatic carbocycles. The molecule has 0 aromatic heterocycles. The van der Waals surface area contributed by atoms with Crippen LogP contribution in [0.25, 0.3) is 0 Å². The van der Waals surface area contributed by atoms with Gasteiger partial charge in [0.15, 0.2) is 0 Å². The van der Waals surface area contributed by atoms with E-state index in [4.69, 9.17) is 4.84 Å². The van der Waals surface area contributed by atoms with E-state index in [1.807, 2.05) is 0 Å². The summed E-state index contributed by atoms with van der Waals surface area (Å²) >= 11 is 0. The predicted molar refractivity (Wildman–Crippen MR) is 118 cm³/mol. The zero-order chi connectivity index (χ0) is 20.5. The molecule has 0 heterocycles. The molecule has 4 nitrogen and oxygen atoms in total. The summed E-state index contributed by atoms with van der Waals surface area (Å²) in [6, 6.07) is 0. The number of nitrogens with one attached hydrogen (secondary N) is 1. The van der Waals surface area contributed by atoms with Crippen molar-refractivity contribution in [2.75, 3.05) is 19.7 Å². The van der Waals surface area contributed by atoms with E-state index in [1.165, 1.54) is 31.4 Å². The lowest BCUT2D eigenvalue weighted by atomic mass is 9.45. The first-order valence-corrected chi connectivity index (χ1v) is 12.4. The summed E-state index contributed by atoms with van der Waals surface area (Å²) in [7, 11) is 0. The van der Waals surface area contributed by atoms with E-state index in [9.17, 15) is 4.79 Å². The highest BCUT2D eigenvalue weighted by atomic mass is 16.6. The third kappa shape index (κ3) is 3.91. The zero-order valence-corrected chi connectivity index (χ0v) is 19.0. The van der Waals surface area contributed by atoms with Crippen LogP contribution in [-0.2, 0) is 9.63 Å². The molecule has 0 amide bonds. The van der Waals surface area contributed by atoms with Crippen molar-refractivity contribution in [1.82, 2.24) is 5.32 Å². The van der Waals surface area contributed by atoms with Crippen molar-refractivity contribution in [2.45, 2.75) is 91.4 Å². The first-order chi connectivity index (χ1) is 14.0. The van der Waals surface area contributed by atoms with Gasteiger partial charge in [-0.15, -0.1) is 0 Å². The highest BCUT2D eigenvalue weighted by Crippen LogP contribution is 2.65. The second kappa shape index (κ2) is 8.69. The van der Waals surface area contributed by atoms with Crippen LogP contribution in [0.1, 0.15) is 91.4 Å². The molecular weight excluding hydrogens is 360 g/mol. The Kier molecular flexibility index (Phi) is 6.39. The van der Waals surface area contributed by atoms with Crippen molar-refractivity contribution in [3.8, 4) is 0 Å². The van der Waals surface area contributed by atoms with Gasteiger partial charge < -0.3 is 10.2 Å². The van der Waals surface area contributed by atoms with Gasteiger partial charge in [-0.2, -0.15) is 0 Å². The lowest BCUT2D eigenvalue weighted by Crippen LogP contribution is -2.53. The maximum absolute atomic E-state index is 12.6. The molecule has 1 N–H and O–H groups in total. The smallest absolute Gasteiger partial charge is 0.139 e. The Morgan fingerprint density at radius 1 is 1.07 bits per heavy atom. The highest BCUT2D eigenvalue weighted by molar-refractivity contribution is 5.87. The molecule has 0 radical (unpaired) electrons. The summed E-state index contributed by atoms with van der Waals surface area (Å²) < 4.78 is 0. The average Bonchev–Trinajstić information content (AvgIpc) is 3.02. The molecule has 0 bridgehead atoms. The summed E-state index contributed by atoms with van der Waals surface area (Å²) in [5, 5.41) is 7.91. The topological polar surface area (TPSA) is 50.7 Å². The number of ketones is 1. The summed E-state index contributed by atoms with van der Waals surface area (Å²) in [5.41, 5.74) is 1.75. The molecule has 4 aliphatic rings. The van der Waals surface area contributed by atoms with Crippen molar-refractivity contribution < 1.29 is 9.63 Å². The van der Waals surface area contributed by atoms with Crippen LogP contribution in [0.4, 0.5) is 0 Å². The van der Waals surface area contributed by atoms with Gasteiger partial charge in [0.05, 0.1) is 5.71 Å². The van der Waals surface area contributed by atoms with Gasteiger partial charge in [0.1, 0.15) is 12.4 Å². The van der Waals surface area contributed by atoms with Crippen LogP contribution in [0.15, 0.2) is 5.16 Å². The number of carbonyl (C=O) groups excluding carboxylic acids is 1. The zero-order valence-electron chi connectivity index (χ0n) is 19.0. The number of unbranched alkanes of at least 4 members (excludes halogenated alkanes) is 1. The summed E-state index contributed by atoms with van der Waals surface area (Å²) in [5.74, 6) is 3.59. The Morgan fingerprint density at radius 2 is 1.93 bits per heavy atom. The van der Waals surface area contributed by atoms with E-state index in [2.05, 4.69) is 31.2 Å². The number of fused-ring (bicyclic) bond motifs is 5. The third-order valence-corrected chi connectivity index (χ3v) is 9.49. The Hall–Kier alpha value is -0.900. The maximum Gasteiger partial charge on any atom is 0.139 e. The van der Waals surface area contributed by atoms with E-state index in [-0.39, 0.29) is 5.41 Å². The summed E-state index contributed by atoms with van der Waals surface area (Å²) in [6.07, 6.45) is 12.8. The van der Waals surface area contributed by atoms with Crippen LogP contribution in [0, 0.1) is 34.5 Å². The van der Waals surface area contributed by atoms with Crippen LogP contribution < -0.4 is 5.32 Å². The van der Waals surface area contributed by atoms with Crippen LogP contribution in [-0.4, -0.2) is 31.2 Å². The van der Waals surface area contributed by atoms with Crippen LogP contribution in [0.3, 0.4) is 0 Å². The third-order valence-electron chi connectivity index (χ3n) is 9.49. The second-order valence-electron chi connectivity index (χ2n) is 10.8. The minimum absolute atomic E-state index is 0.00609. The number of Topliss-reactive ketones (excluding diaryl/α,β-unsaturated/α-hetero) is 1. The molecule has 4 fully saturated rings. The fourth-order valence-electron chi connectivity index (χ4n) is 7.64. The maximum atomic E-state index is 12.6. The molecule has 29 heavy (non-hydrogen) atoms. The van der Waals surface area contributed by atoms with E-state index < -0.39 is 0 Å². The second-order valence-corrected chi connectivity index (χ2v) is 10.8. The molecule has 4 saturated carbocycles. The molecule has 4 heteroatoms. The molecule has 0 aliphatic heterocycles. The van der Waals surface area contributed by atoms with Gasteiger partial charge in [0, 0.05) is 11.8 Å². The molecule has 6 atom stereocenters. The van der Waals surface area contributed by atoms with Gasteiger partial charge in [0.25, 0.3) is 0 Å². The quantitative estimate of drug-likeness (QED) is 0.461. The number of hydrogen-bond acceptors (Lipinski definition) is 4. The fourth-order valence-corrected chi connectivity index (χ4v) is 7.64. The van der Waals surface area contributed by atoms with Crippen LogP contribution >= 0.6 is 0 Å². The molecule has 4 aliphatic carbocycles. The predicted octanol–water partition coefficient (Wildman–Crippen LogP) is 5.36. The standard InChI is InChI=1S/C25H42N2O2/c1-4-26-15-5-6-16-29-27-19-11-13-24(2)18(17-19)7-8-20-21-9-10-23(28)25(21,3)14-12-22(20)24/h18,20-22,26H,4-17H2,1-3H3/t18?,20?,21?,22?,24-,25-/m0/s1. The number of oxime groups is 1. The number of rotatable bonds is 7. The van der Waals surface area contributed by atoms with Crippen molar-refractivity contribution in [2.24, 2.45) is 39.7 Å². The Balaban J connectivity index is 1.33. The van der Waals surface area contributed by atoms with E-state index in [0.717, 1.165) is 82.4 Å². The number of nitrogens with zero attached hydrogens (tertiary/aromatic N) is 1. The van der Waals surface area contributed by atoms with Gasteiger partial charge in [-0.05, 0) is 106 Å². The van der Waals surface area contributed by atoms with Crippen molar-refractivity contribution in [3.05, 3.63) is 0 Å². The molecule has 4 unspecified atom stereocenters. The number of carbonyl (C=O) groups is 1. The van der Waals surface area contributed by atoms with Crippen molar-refractivity contribution >= 4 is 11.5 Å². The van der Waals surface area contributed by atoms with Gasteiger partial charge in [-0.3, -0.25) is 4.79 Å². The Morgan fingerprint density at radius 3 is 2.76 bits per heavy atom. The summed E-state index contributed by atoms with van der Waals surface area (Å²) in [6.45, 7) is 9.87. The van der Waals surface area contributed by atoms with Gasteiger partial charge >= 0.3 is 0 Å². The monoisotopic (exact) mass is 402 g/mol. The van der Waals surface area contributed by atoms with Crippen molar-refractivity contribution in [3.63, 3.8) is 0 Å². The minimum atomic E-state index is 0.00609. The van der Waals surface area contributed by atoms with Crippen molar-refractivity contribution in [1.29, 1.82) is 0 Å². The molecular formula is C25H42N2O2. The average molecular weight is 403 g/mol. The summed E-state index contributed by atoms with van der Waals surface area (Å²) in [4.78, 5) is 18.3. The molecule has 164 valence electrons. The molecule has 0 spiro atoms. The van der Waals surface area contributed by atoms with E-state index in [0.29, 0.717) is 17.1 Å². The van der Waals surface area contributed by atoms with Crippen LogP contribution in [0.5, 0.6) is 0 Å². The number of hydrogen-bond donors (Lipinski definition) is 1. The molecule has 0 aromatic rings. The lowest BCUT2D eigenvalue weighted by Gasteiger charge is -2.59.